The molecular weight excluding hydrogens is 328 g/mol. The first-order valence-corrected chi connectivity index (χ1v) is 9.64. The van der Waals surface area contributed by atoms with E-state index in [1.54, 1.807) is 0 Å². The van der Waals surface area contributed by atoms with Gasteiger partial charge in [0.25, 0.3) is 5.91 Å². The number of aryl methyl sites for hydroxylation is 1. The van der Waals surface area contributed by atoms with Crippen LogP contribution in [0.3, 0.4) is 0 Å². The molecule has 140 valence electrons. The summed E-state index contributed by atoms with van der Waals surface area (Å²) < 4.78 is 7.76. The van der Waals surface area contributed by atoms with Crippen molar-refractivity contribution in [2.45, 2.75) is 51.9 Å². The highest BCUT2D eigenvalue weighted by Crippen LogP contribution is 2.23. The Morgan fingerprint density at radius 1 is 1.31 bits per heavy atom. The minimum absolute atomic E-state index is 0.0585. The van der Waals surface area contributed by atoms with E-state index in [4.69, 9.17) is 4.74 Å². The second kappa shape index (κ2) is 7.00. The fraction of sp³-hybridized carbons (Fsp3) is 0.600. The first kappa shape index (κ1) is 17.5. The maximum absolute atomic E-state index is 13.1. The molecule has 0 spiro atoms. The van der Waals surface area contributed by atoms with Crippen molar-refractivity contribution in [2.75, 3.05) is 26.2 Å². The van der Waals surface area contributed by atoms with Gasteiger partial charge in [0.15, 0.2) is 0 Å². The van der Waals surface area contributed by atoms with Gasteiger partial charge in [-0.15, -0.1) is 0 Å². The van der Waals surface area contributed by atoms with E-state index in [2.05, 4.69) is 23.7 Å². The number of amides is 1. The Hall–Kier alpha value is -1.92. The number of imidazole rings is 1. The monoisotopic (exact) mass is 356 g/mol. The van der Waals surface area contributed by atoms with E-state index >= 15 is 0 Å². The summed E-state index contributed by atoms with van der Waals surface area (Å²) in [5.41, 5.74) is 2.53. The number of ether oxygens (including phenoxy) is 1. The van der Waals surface area contributed by atoms with Crippen LogP contribution in [-0.2, 0) is 4.74 Å². The Kier molecular flexibility index (Phi) is 4.71. The molecule has 4 heterocycles. The second-order valence-corrected chi connectivity index (χ2v) is 7.87. The third kappa shape index (κ3) is 3.48. The highest BCUT2D eigenvalue weighted by Gasteiger charge is 2.33. The number of hydrogen-bond donors (Lipinski definition) is 0. The van der Waals surface area contributed by atoms with Crippen LogP contribution in [0, 0.1) is 6.92 Å². The molecule has 3 unspecified atom stereocenters. The van der Waals surface area contributed by atoms with Crippen LogP contribution in [0.4, 0.5) is 0 Å². The molecule has 26 heavy (non-hydrogen) atoms. The van der Waals surface area contributed by atoms with Crippen molar-refractivity contribution in [1.82, 2.24) is 19.2 Å². The Morgan fingerprint density at radius 2 is 2.08 bits per heavy atom. The summed E-state index contributed by atoms with van der Waals surface area (Å²) >= 11 is 0. The summed E-state index contributed by atoms with van der Waals surface area (Å²) in [6.45, 7) is 9.92. The Bertz CT molecular complexity index is 792. The predicted octanol–water partition coefficient (Wildman–Crippen LogP) is 2.36. The van der Waals surface area contributed by atoms with Crippen LogP contribution in [0.15, 0.2) is 24.5 Å². The quantitative estimate of drug-likeness (QED) is 0.847. The van der Waals surface area contributed by atoms with Crippen LogP contribution in [0.1, 0.15) is 42.7 Å². The van der Waals surface area contributed by atoms with E-state index in [0.29, 0.717) is 5.69 Å². The standard InChI is InChI=1S/C20H28N4O2/c1-14-6-8-23-13-18(21-19(23)9-14)20(25)24-7-4-5-17(24)12-22-10-15(2)26-16(3)11-22/h6,8-9,13,15-17H,4-5,7,10-12H2,1-3H3. The zero-order chi connectivity index (χ0) is 18.3. The number of carbonyl (C=O) groups is 1. The molecule has 2 aromatic rings. The van der Waals surface area contributed by atoms with Crippen molar-refractivity contribution >= 4 is 11.6 Å². The molecule has 0 aliphatic carbocycles. The van der Waals surface area contributed by atoms with Gasteiger partial charge in [0.2, 0.25) is 0 Å². The van der Waals surface area contributed by atoms with Crippen molar-refractivity contribution < 1.29 is 9.53 Å². The molecule has 0 aromatic carbocycles. The van der Waals surface area contributed by atoms with Crippen molar-refractivity contribution in [1.29, 1.82) is 0 Å². The van der Waals surface area contributed by atoms with Crippen molar-refractivity contribution in [3.8, 4) is 0 Å². The number of pyridine rings is 1. The molecule has 4 rings (SSSR count). The van der Waals surface area contributed by atoms with Gasteiger partial charge in [-0.1, -0.05) is 0 Å². The third-order valence-corrected chi connectivity index (χ3v) is 5.44. The van der Waals surface area contributed by atoms with Crippen LogP contribution in [0.2, 0.25) is 0 Å². The van der Waals surface area contributed by atoms with E-state index in [1.165, 1.54) is 0 Å². The predicted molar refractivity (Wildman–Crippen MR) is 100 cm³/mol. The Morgan fingerprint density at radius 3 is 2.85 bits per heavy atom. The minimum Gasteiger partial charge on any atom is -0.373 e. The first-order valence-electron chi connectivity index (χ1n) is 9.64. The van der Waals surface area contributed by atoms with E-state index in [9.17, 15) is 4.79 Å². The number of likely N-dealkylation sites (tertiary alicyclic amines) is 1. The van der Waals surface area contributed by atoms with Gasteiger partial charge in [-0.05, 0) is 51.3 Å². The average Bonchev–Trinajstić information content (AvgIpc) is 3.19. The van der Waals surface area contributed by atoms with Crippen LogP contribution < -0.4 is 0 Å². The maximum Gasteiger partial charge on any atom is 0.274 e. The fourth-order valence-electron chi connectivity index (χ4n) is 4.36. The minimum atomic E-state index is 0.0585. The third-order valence-electron chi connectivity index (χ3n) is 5.44. The normalized spacial score (nSPS) is 27.3. The average molecular weight is 356 g/mol. The molecule has 2 saturated heterocycles. The molecule has 6 nitrogen and oxygen atoms in total. The number of morpholine rings is 1. The van der Waals surface area contributed by atoms with Gasteiger partial charge in [0, 0.05) is 44.6 Å². The molecule has 1 amide bonds. The lowest BCUT2D eigenvalue weighted by Crippen LogP contribution is -2.51. The summed E-state index contributed by atoms with van der Waals surface area (Å²) in [4.78, 5) is 22.1. The maximum atomic E-state index is 13.1. The van der Waals surface area contributed by atoms with Gasteiger partial charge < -0.3 is 14.0 Å². The molecular formula is C20H28N4O2. The summed E-state index contributed by atoms with van der Waals surface area (Å²) in [5.74, 6) is 0.0585. The van der Waals surface area contributed by atoms with Gasteiger partial charge in [-0.3, -0.25) is 9.69 Å². The van der Waals surface area contributed by atoms with Crippen LogP contribution >= 0.6 is 0 Å². The van der Waals surface area contributed by atoms with Gasteiger partial charge in [-0.2, -0.15) is 0 Å². The van der Waals surface area contributed by atoms with Gasteiger partial charge in [0.1, 0.15) is 11.3 Å². The van der Waals surface area contributed by atoms with Crippen LogP contribution in [0.25, 0.3) is 5.65 Å². The zero-order valence-corrected chi connectivity index (χ0v) is 15.9. The van der Waals surface area contributed by atoms with Crippen molar-refractivity contribution in [3.05, 3.63) is 35.8 Å². The van der Waals surface area contributed by atoms with Gasteiger partial charge in [0.05, 0.1) is 12.2 Å². The topological polar surface area (TPSA) is 50.1 Å². The second-order valence-electron chi connectivity index (χ2n) is 7.87. The SMILES string of the molecule is Cc1ccn2cc(C(=O)N3CCCC3CN3CC(C)OC(C)C3)nc2c1. The summed E-state index contributed by atoms with van der Waals surface area (Å²) in [7, 11) is 0. The summed E-state index contributed by atoms with van der Waals surface area (Å²) in [6, 6.07) is 4.31. The molecule has 2 fully saturated rings. The van der Waals surface area contributed by atoms with E-state index in [0.717, 1.165) is 50.2 Å². The number of fused-ring (bicyclic) bond motifs is 1. The Balaban J connectivity index is 1.49. The number of nitrogens with zero attached hydrogens (tertiary/aromatic N) is 4. The van der Waals surface area contributed by atoms with Crippen LogP contribution in [-0.4, -0.2) is 69.5 Å². The van der Waals surface area contributed by atoms with E-state index in [-0.39, 0.29) is 24.2 Å². The molecule has 0 saturated carbocycles. The van der Waals surface area contributed by atoms with E-state index in [1.807, 2.05) is 40.8 Å². The van der Waals surface area contributed by atoms with Gasteiger partial charge in [-0.25, -0.2) is 4.98 Å². The molecule has 2 aromatic heterocycles. The number of rotatable bonds is 3. The fourth-order valence-corrected chi connectivity index (χ4v) is 4.36. The lowest BCUT2D eigenvalue weighted by atomic mass is 10.1. The molecule has 2 aliphatic heterocycles. The smallest absolute Gasteiger partial charge is 0.274 e. The molecule has 0 N–H and O–H groups in total. The molecule has 0 radical (unpaired) electrons. The van der Waals surface area contributed by atoms with Crippen LogP contribution in [0.5, 0.6) is 0 Å². The zero-order valence-electron chi connectivity index (χ0n) is 15.9. The molecule has 0 bridgehead atoms. The number of carbonyl (C=O) groups excluding carboxylic acids is 1. The summed E-state index contributed by atoms with van der Waals surface area (Å²) in [6.07, 6.45) is 6.46. The Labute approximate surface area is 154 Å². The van der Waals surface area contributed by atoms with E-state index < -0.39 is 0 Å². The largest absolute Gasteiger partial charge is 0.373 e. The summed E-state index contributed by atoms with van der Waals surface area (Å²) in [5, 5.41) is 0. The lowest BCUT2D eigenvalue weighted by molar-refractivity contribution is -0.0715. The molecule has 2 aliphatic rings. The number of aromatic nitrogens is 2. The van der Waals surface area contributed by atoms with Crippen molar-refractivity contribution in [3.63, 3.8) is 0 Å². The van der Waals surface area contributed by atoms with Crippen molar-refractivity contribution in [2.24, 2.45) is 0 Å². The highest BCUT2D eigenvalue weighted by atomic mass is 16.5. The number of hydrogen-bond acceptors (Lipinski definition) is 4. The first-order chi connectivity index (χ1) is 12.5. The molecule has 6 heteroatoms. The van der Waals surface area contributed by atoms with Gasteiger partial charge >= 0.3 is 0 Å². The lowest BCUT2D eigenvalue weighted by Gasteiger charge is -2.38. The highest BCUT2D eigenvalue weighted by molar-refractivity contribution is 5.93. The molecule has 3 atom stereocenters.